The highest BCUT2D eigenvalue weighted by Crippen LogP contribution is 2.34. The van der Waals surface area contributed by atoms with Gasteiger partial charge in [0, 0.05) is 42.4 Å². The molecule has 0 radical (unpaired) electrons. The Balaban J connectivity index is 1.48. The van der Waals surface area contributed by atoms with Crippen LogP contribution in [0.2, 0.25) is 10.0 Å². The van der Waals surface area contributed by atoms with Gasteiger partial charge in [0.25, 0.3) is 0 Å². The molecule has 2 aliphatic heterocycles. The molecule has 2 N–H and O–H groups in total. The highest BCUT2D eigenvalue weighted by Gasteiger charge is 2.37. The molecule has 2 saturated heterocycles. The maximum atomic E-state index is 12.6. The summed E-state index contributed by atoms with van der Waals surface area (Å²) < 4.78 is 5.22. The number of β-amino-alcohol motifs (C(OH)–C–C–N with tert-alkyl or cyclic N) is 1. The first-order chi connectivity index (χ1) is 16.9. The molecule has 3 heterocycles. The summed E-state index contributed by atoms with van der Waals surface area (Å²) in [5.74, 6) is 1.74. The van der Waals surface area contributed by atoms with Crippen LogP contribution in [0.5, 0.6) is 0 Å². The van der Waals surface area contributed by atoms with Gasteiger partial charge in [0.05, 0.1) is 19.3 Å². The normalized spacial score (nSPS) is 19.8. The predicted octanol–water partition coefficient (Wildman–Crippen LogP) is 4.27. The molecule has 4 rings (SSSR count). The lowest BCUT2D eigenvalue weighted by atomic mass is 9.81. The van der Waals surface area contributed by atoms with Gasteiger partial charge in [-0.1, -0.05) is 29.3 Å². The second-order valence-corrected chi connectivity index (χ2v) is 10.1. The van der Waals surface area contributed by atoms with Crippen molar-refractivity contribution >= 4 is 40.9 Å². The van der Waals surface area contributed by atoms with E-state index in [1.165, 1.54) is 19.0 Å². The Labute approximate surface area is 216 Å². The van der Waals surface area contributed by atoms with Crippen LogP contribution in [-0.2, 0) is 4.74 Å². The van der Waals surface area contributed by atoms with E-state index in [0.29, 0.717) is 33.6 Å². The summed E-state index contributed by atoms with van der Waals surface area (Å²) in [6.45, 7) is 8.81. The number of anilines is 2. The minimum atomic E-state index is -0.469. The maximum Gasteiger partial charge on any atom is 0.343 e. The molecule has 1 aromatic carbocycles. The van der Waals surface area contributed by atoms with Gasteiger partial charge in [-0.15, -0.1) is 0 Å². The second-order valence-electron chi connectivity index (χ2n) is 9.28. The highest BCUT2D eigenvalue weighted by molar-refractivity contribution is 6.35. The number of hydrogen-bond acceptors (Lipinski definition) is 8. The highest BCUT2D eigenvalue weighted by atomic mass is 35.5. The molecular formula is C25H33Cl2N5O3. The molecule has 8 nitrogen and oxygen atoms in total. The van der Waals surface area contributed by atoms with Crippen molar-refractivity contribution in [1.29, 1.82) is 0 Å². The fourth-order valence-corrected chi connectivity index (χ4v) is 5.50. The molecule has 2 aromatic rings. The summed E-state index contributed by atoms with van der Waals surface area (Å²) in [7, 11) is 0. The molecule has 10 heteroatoms. The fourth-order valence-electron chi connectivity index (χ4n) is 4.92. The van der Waals surface area contributed by atoms with Crippen LogP contribution >= 0.6 is 23.2 Å². The standard InChI is InChI=1S/C25H33Cl2N5O3/c1-3-35-24(34)21-12-28-25(30-23(21)29-16(2)20-7-6-19(26)11-22(20)27)32-14-18(15-32)17-5-4-8-31(13-17)9-10-33/h6-7,11-12,16-18,33H,3-5,8-10,13-15H2,1-2H3,(H,28,29,30)/t16-,17?/m1/s1. The van der Waals surface area contributed by atoms with Gasteiger partial charge in [-0.3, -0.25) is 0 Å². The lowest BCUT2D eigenvalue weighted by Crippen LogP contribution is -2.54. The van der Waals surface area contributed by atoms with Gasteiger partial charge in [-0.05, 0) is 62.8 Å². The van der Waals surface area contributed by atoms with E-state index in [0.717, 1.165) is 38.3 Å². The van der Waals surface area contributed by atoms with Crippen LogP contribution in [0, 0.1) is 11.8 Å². The Morgan fingerprint density at radius 2 is 2.09 bits per heavy atom. The molecule has 1 unspecified atom stereocenters. The first-order valence-electron chi connectivity index (χ1n) is 12.2. The Morgan fingerprint density at radius 3 is 2.80 bits per heavy atom. The van der Waals surface area contributed by atoms with E-state index >= 15 is 0 Å². The average molecular weight is 522 g/mol. The zero-order chi connectivity index (χ0) is 24.9. The first-order valence-corrected chi connectivity index (χ1v) is 13.0. The third-order valence-electron chi connectivity index (χ3n) is 6.87. The number of hydrogen-bond donors (Lipinski definition) is 2. The van der Waals surface area contributed by atoms with Crippen LogP contribution in [0.3, 0.4) is 0 Å². The van der Waals surface area contributed by atoms with Crippen LogP contribution < -0.4 is 10.2 Å². The molecule has 0 bridgehead atoms. The molecular weight excluding hydrogens is 489 g/mol. The van der Waals surface area contributed by atoms with Crippen molar-refractivity contribution in [3.05, 3.63) is 45.6 Å². The number of rotatable bonds is 9. The van der Waals surface area contributed by atoms with E-state index in [9.17, 15) is 9.90 Å². The molecule has 0 amide bonds. The smallest absolute Gasteiger partial charge is 0.343 e. The summed E-state index contributed by atoms with van der Waals surface area (Å²) in [4.78, 5) is 26.3. The number of halogens is 2. The van der Waals surface area contributed by atoms with Crippen LogP contribution in [0.25, 0.3) is 0 Å². The van der Waals surface area contributed by atoms with Gasteiger partial charge in [0.15, 0.2) is 0 Å². The number of carbonyl (C=O) groups is 1. The zero-order valence-electron chi connectivity index (χ0n) is 20.2. The number of carbonyl (C=O) groups excluding carboxylic acids is 1. The Bertz CT molecular complexity index is 1030. The molecule has 0 saturated carbocycles. The Kier molecular flexibility index (Phi) is 8.70. The van der Waals surface area contributed by atoms with E-state index in [1.54, 1.807) is 19.1 Å². The van der Waals surface area contributed by atoms with Gasteiger partial charge < -0.3 is 25.0 Å². The Hall–Kier alpha value is -2.13. The summed E-state index contributed by atoms with van der Waals surface area (Å²) in [5, 5.41) is 13.7. The van der Waals surface area contributed by atoms with Crippen molar-refractivity contribution in [2.24, 2.45) is 11.8 Å². The van der Waals surface area contributed by atoms with Crippen LogP contribution in [0.4, 0.5) is 11.8 Å². The van der Waals surface area contributed by atoms with Crippen molar-refractivity contribution in [3.63, 3.8) is 0 Å². The summed E-state index contributed by atoms with van der Waals surface area (Å²) >= 11 is 12.4. The van der Waals surface area contributed by atoms with E-state index in [4.69, 9.17) is 32.9 Å². The van der Waals surface area contributed by atoms with Crippen molar-refractivity contribution in [2.75, 3.05) is 56.2 Å². The predicted molar refractivity (Wildman–Crippen MR) is 138 cm³/mol. The van der Waals surface area contributed by atoms with E-state index in [1.807, 2.05) is 13.0 Å². The molecule has 0 aliphatic carbocycles. The monoisotopic (exact) mass is 521 g/mol. The number of ether oxygens (including phenoxy) is 1. The van der Waals surface area contributed by atoms with E-state index in [2.05, 4.69) is 20.1 Å². The third-order valence-corrected chi connectivity index (χ3v) is 7.43. The molecule has 0 spiro atoms. The molecule has 35 heavy (non-hydrogen) atoms. The van der Waals surface area contributed by atoms with Crippen molar-refractivity contribution in [1.82, 2.24) is 14.9 Å². The average Bonchev–Trinajstić information content (AvgIpc) is 2.79. The number of aliphatic hydroxyl groups is 1. The summed E-state index contributed by atoms with van der Waals surface area (Å²) in [5.41, 5.74) is 1.14. The number of nitrogens with zero attached hydrogens (tertiary/aromatic N) is 4. The minimum Gasteiger partial charge on any atom is -0.462 e. The second kappa shape index (κ2) is 11.7. The van der Waals surface area contributed by atoms with Crippen molar-refractivity contribution in [3.8, 4) is 0 Å². The number of benzene rings is 1. The fraction of sp³-hybridized carbons (Fsp3) is 0.560. The number of aliphatic hydroxyl groups excluding tert-OH is 1. The van der Waals surface area contributed by atoms with E-state index in [-0.39, 0.29) is 24.8 Å². The van der Waals surface area contributed by atoms with E-state index < -0.39 is 5.97 Å². The summed E-state index contributed by atoms with van der Waals surface area (Å²) in [6, 6.07) is 5.12. The Morgan fingerprint density at radius 1 is 1.29 bits per heavy atom. The molecule has 2 aliphatic rings. The molecule has 1 aromatic heterocycles. The van der Waals surface area contributed by atoms with Crippen LogP contribution in [0.1, 0.15) is 48.7 Å². The molecule has 2 fully saturated rings. The third kappa shape index (κ3) is 6.17. The topological polar surface area (TPSA) is 90.8 Å². The van der Waals surface area contributed by atoms with Crippen LogP contribution in [-0.4, -0.2) is 71.9 Å². The lowest BCUT2D eigenvalue weighted by molar-refractivity contribution is 0.0526. The largest absolute Gasteiger partial charge is 0.462 e. The first kappa shape index (κ1) is 25.9. The van der Waals surface area contributed by atoms with Gasteiger partial charge in [0.1, 0.15) is 11.4 Å². The number of nitrogens with one attached hydrogen (secondary N) is 1. The number of piperidine rings is 1. The minimum absolute atomic E-state index is 0.208. The molecule has 2 atom stereocenters. The van der Waals surface area contributed by atoms with Crippen molar-refractivity contribution in [2.45, 2.75) is 32.7 Å². The van der Waals surface area contributed by atoms with Gasteiger partial charge in [0.2, 0.25) is 5.95 Å². The number of aromatic nitrogens is 2. The quantitative estimate of drug-likeness (QED) is 0.472. The molecule has 190 valence electrons. The van der Waals surface area contributed by atoms with Crippen LogP contribution in [0.15, 0.2) is 24.4 Å². The van der Waals surface area contributed by atoms with Gasteiger partial charge in [-0.2, -0.15) is 4.98 Å². The maximum absolute atomic E-state index is 12.6. The number of esters is 1. The van der Waals surface area contributed by atoms with Crippen molar-refractivity contribution < 1.29 is 14.6 Å². The summed E-state index contributed by atoms with van der Waals surface area (Å²) in [6.07, 6.45) is 3.93. The van der Waals surface area contributed by atoms with Gasteiger partial charge in [-0.25, -0.2) is 9.78 Å². The van der Waals surface area contributed by atoms with Gasteiger partial charge >= 0.3 is 5.97 Å². The lowest BCUT2D eigenvalue weighted by Gasteiger charge is -2.46. The zero-order valence-corrected chi connectivity index (χ0v) is 21.7. The number of likely N-dealkylation sites (tertiary alicyclic amines) is 1. The SMILES string of the molecule is CCOC(=O)c1cnc(N2CC(C3CCCN(CCO)C3)C2)nc1N[C@H](C)c1ccc(Cl)cc1Cl.